The van der Waals surface area contributed by atoms with Crippen LogP contribution in [-0.4, -0.2) is 59.0 Å². The van der Waals surface area contributed by atoms with Crippen LogP contribution in [0.2, 0.25) is 10.0 Å². The number of nitrogens with one attached hydrogen (secondary N) is 2. The van der Waals surface area contributed by atoms with E-state index in [4.69, 9.17) is 28.2 Å². The molecule has 0 radical (unpaired) electrons. The second kappa shape index (κ2) is 11.0. The van der Waals surface area contributed by atoms with Crippen molar-refractivity contribution < 1.29 is 4.79 Å². The molecular formula is C29H29Cl2N7O. The quantitative estimate of drug-likeness (QED) is 0.310. The lowest BCUT2D eigenvalue weighted by atomic mass is 10.1. The minimum atomic E-state index is -0.0823. The summed E-state index contributed by atoms with van der Waals surface area (Å²) in [6.07, 6.45) is 4.13. The van der Waals surface area contributed by atoms with Gasteiger partial charge in [-0.1, -0.05) is 35.3 Å². The molecule has 1 amide bonds. The Morgan fingerprint density at radius 2 is 1.79 bits per heavy atom. The summed E-state index contributed by atoms with van der Waals surface area (Å²) in [5, 5.41) is 8.64. The van der Waals surface area contributed by atoms with Crippen LogP contribution >= 0.6 is 23.2 Å². The molecule has 6 rings (SSSR count). The highest BCUT2D eigenvalue weighted by atomic mass is 35.5. The molecule has 2 aliphatic rings. The van der Waals surface area contributed by atoms with Gasteiger partial charge in [0.25, 0.3) is 0 Å². The number of nitrogens with zero attached hydrogens (tertiary/aromatic N) is 5. The maximum atomic E-state index is 12.8. The van der Waals surface area contributed by atoms with Gasteiger partial charge in [0.05, 0.1) is 11.2 Å². The second-order valence-corrected chi connectivity index (χ2v) is 11.1. The number of likely N-dealkylation sites (N-methyl/N-ethyl adjacent to an activating group) is 1. The van der Waals surface area contributed by atoms with E-state index in [1.54, 1.807) is 6.07 Å². The van der Waals surface area contributed by atoms with E-state index in [-0.39, 0.29) is 17.7 Å². The normalized spacial score (nSPS) is 19.2. The average Bonchev–Trinajstić information content (AvgIpc) is 3.73. The molecule has 1 saturated heterocycles. The Kier molecular flexibility index (Phi) is 7.25. The number of fused-ring (bicyclic) bond motifs is 1. The molecule has 200 valence electrons. The lowest BCUT2D eigenvalue weighted by Gasteiger charge is -2.34. The number of aromatic nitrogens is 3. The third-order valence-electron chi connectivity index (χ3n) is 7.42. The predicted molar refractivity (Wildman–Crippen MR) is 157 cm³/mol. The minimum Gasteiger partial charge on any atom is -0.367 e. The summed E-state index contributed by atoms with van der Waals surface area (Å²) < 4.78 is 0. The van der Waals surface area contributed by atoms with Gasteiger partial charge in [-0.15, -0.1) is 0 Å². The molecule has 4 aromatic rings. The zero-order valence-electron chi connectivity index (χ0n) is 21.6. The van der Waals surface area contributed by atoms with Crippen molar-refractivity contribution >= 4 is 57.3 Å². The van der Waals surface area contributed by atoms with Gasteiger partial charge < -0.3 is 20.4 Å². The van der Waals surface area contributed by atoms with Crippen molar-refractivity contribution in [3.05, 3.63) is 82.2 Å². The highest BCUT2D eigenvalue weighted by molar-refractivity contribution is 6.32. The van der Waals surface area contributed by atoms with Crippen LogP contribution in [0.4, 0.5) is 17.3 Å². The van der Waals surface area contributed by atoms with E-state index in [2.05, 4.69) is 43.5 Å². The molecule has 8 nitrogen and oxygen atoms in total. The molecule has 39 heavy (non-hydrogen) atoms. The average molecular weight is 563 g/mol. The first kappa shape index (κ1) is 25.8. The Morgan fingerprint density at radius 1 is 0.974 bits per heavy atom. The SMILES string of the molecule is CN1CCN(c2cc(Cl)cc3cc(CNc4cc(NC(=O)[C@H]5C[C@@H]5c5cccc(Cl)c5)ncn4)cnc23)CC1. The second-order valence-electron chi connectivity index (χ2n) is 10.3. The molecule has 2 aromatic heterocycles. The maximum Gasteiger partial charge on any atom is 0.229 e. The lowest BCUT2D eigenvalue weighted by molar-refractivity contribution is -0.117. The van der Waals surface area contributed by atoms with E-state index in [1.807, 2.05) is 42.6 Å². The van der Waals surface area contributed by atoms with E-state index >= 15 is 0 Å². The first-order chi connectivity index (χ1) is 18.9. The number of rotatable bonds is 7. The maximum absolute atomic E-state index is 12.8. The third kappa shape index (κ3) is 5.93. The van der Waals surface area contributed by atoms with E-state index in [9.17, 15) is 4.79 Å². The molecule has 1 aliphatic carbocycles. The number of amides is 1. The summed E-state index contributed by atoms with van der Waals surface area (Å²) in [6, 6.07) is 15.5. The molecule has 2 atom stereocenters. The number of pyridine rings is 1. The Labute approximate surface area is 237 Å². The van der Waals surface area contributed by atoms with Gasteiger partial charge >= 0.3 is 0 Å². The molecule has 2 aromatic carbocycles. The van der Waals surface area contributed by atoms with Crippen molar-refractivity contribution in [1.82, 2.24) is 19.9 Å². The summed E-state index contributed by atoms with van der Waals surface area (Å²) >= 11 is 12.6. The molecule has 1 saturated carbocycles. The fourth-order valence-electron chi connectivity index (χ4n) is 5.15. The van der Waals surface area contributed by atoms with Crippen molar-refractivity contribution in [2.45, 2.75) is 18.9 Å². The van der Waals surface area contributed by atoms with E-state index in [1.165, 1.54) is 6.33 Å². The van der Waals surface area contributed by atoms with Gasteiger partial charge in [0.2, 0.25) is 5.91 Å². The molecule has 0 unspecified atom stereocenters. The molecular weight excluding hydrogens is 533 g/mol. The fraction of sp³-hybridized carbons (Fsp3) is 0.310. The Balaban J connectivity index is 1.10. The zero-order valence-corrected chi connectivity index (χ0v) is 23.1. The fourth-order valence-corrected chi connectivity index (χ4v) is 5.57. The Bertz CT molecular complexity index is 1520. The topological polar surface area (TPSA) is 86.3 Å². The van der Waals surface area contributed by atoms with E-state index in [0.29, 0.717) is 28.2 Å². The molecule has 2 fully saturated rings. The molecule has 0 bridgehead atoms. The summed E-state index contributed by atoms with van der Waals surface area (Å²) in [7, 11) is 2.14. The Morgan fingerprint density at radius 3 is 2.62 bits per heavy atom. The first-order valence-corrected chi connectivity index (χ1v) is 13.8. The van der Waals surface area contributed by atoms with E-state index in [0.717, 1.165) is 60.3 Å². The number of carbonyl (C=O) groups is 1. The predicted octanol–water partition coefficient (Wildman–Crippen LogP) is 5.44. The summed E-state index contributed by atoms with van der Waals surface area (Å²) in [4.78, 5) is 30.8. The van der Waals surface area contributed by atoms with Gasteiger partial charge in [-0.3, -0.25) is 9.78 Å². The van der Waals surface area contributed by atoms with Crippen LogP contribution < -0.4 is 15.5 Å². The molecule has 0 spiro atoms. The lowest BCUT2D eigenvalue weighted by Crippen LogP contribution is -2.44. The first-order valence-electron chi connectivity index (χ1n) is 13.1. The smallest absolute Gasteiger partial charge is 0.229 e. The van der Waals surface area contributed by atoms with Gasteiger partial charge in [0, 0.05) is 66.3 Å². The number of anilines is 3. The monoisotopic (exact) mass is 561 g/mol. The van der Waals surface area contributed by atoms with Gasteiger partial charge in [-0.2, -0.15) is 0 Å². The van der Waals surface area contributed by atoms with Crippen molar-refractivity contribution in [2.75, 3.05) is 48.8 Å². The van der Waals surface area contributed by atoms with Crippen LogP contribution in [0.25, 0.3) is 10.9 Å². The summed E-state index contributed by atoms with van der Waals surface area (Å²) in [6.45, 7) is 4.45. The van der Waals surface area contributed by atoms with Crippen molar-refractivity contribution in [2.24, 2.45) is 5.92 Å². The molecule has 2 N–H and O–H groups in total. The zero-order chi connectivity index (χ0) is 26.9. The van der Waals surface area contributed by atoms with Gasteiger partial charge in [0.1, 0.15) is 18.0 Å². The summed E-state index contributed by atoms with van der Waals surface area (Å²) in [5.41, 5.74) is 4.12. The van der Waals surface area contributed by atoms with Crippen molar-refractivity contribution in [3.8, 4) is 0 Å². The number of hydrogen-bond donors (Lipinski definition) is 2. The van der Waals surface area contributed by atoms with E-state index < -0.39 is 0 Å². The van der Waals surface area contributed by atoms with Crippen LogP contribution in [0.1, 0.15) is 23.5 Å². The van der Waals surface area contributed by atoms with Gasteiger partial charge in [-0.05, 0) is 60.8 Å². The molecule has 1 aliphatic heterocycles. The molecule has 10 heteroatoms. The van der Waals surface area contributed by atoms with Crippen LogP contribution in [-0.2, 0) is 11.3 Å². The summed E-state index contributed by atoms with van der Waals surface area (Å²) in [5.74, 6) is 1.15. The van der Waals surface area contributed by atoms with Crippen LogP contribution in [0, 0.1) is 5.92 Å². The standard InChI is InChI=1S/C29H29Cl2N7O/c1-37-5-7-38(8-6-37)25-12-22(31)11-20-9-18(16-33-28(20)25)15-32-26-14-27(35-17-34-26)36-29(39)24-13-23(24)19-3-2-4-21(30)10-19/h2-4,9-12,14,16-17,23-24H,5-8,13,15H2,1H3,(H2,32,34,35,36,39)/t23-,24+/m1/s1. The number of halogens is 2. The minimum absolute atomic E-state index is 0.0450. The largest absolute Gasteiger partial charge is 0.367 e. The Hall–Kier alpha value is -3.46. The van der Waals surface area contributed by atoms with Crippen molar-refractivity contribution in [3.63, 3.8) is 0 Å². The molecule has 3 heterocycles. The van der Waals surface area contributed by atoms with Gasteiger partial charge in [0.15, 0.2) is 0 Å². The number of carbonyl (C=O) groups excluding carboxylic acids is 1. The number of hydrogen-bond acceptors (Lipinski definition) is 7. The van der Waals surface area contributed by atoms with Crippen LogP contribution in [0.15, 0.2) is 61.1 Å². The number of benzene rings is 2. The van der Waals surface area contributed by atoms with Crippen LogP contribution in [0.3, 0.4) is 0 Å². The van der Waals surface area contributed by atoms with Gasteiger partial charge in [-0.25, -0.2) is 9.97 Å². The van der Waals surface area contributed by atoms with Crippen molar-refractivity contribution in [1.29, 1.82) is 0 Å². The third-order valence-corrected chi connectivity index (χ3v) is 7.88. The van der Waals surface area contributed by atoms with Crippen LogP contribution in [0.5, 0.6) is 0 Å². The highest BCUT2D eigenvalue weighted by Gasteiger charge is 2.44. The highest BCUT2D eigenvalue weighted by Crippen LogP contribution is 2.48. The number of piperazine rings is 1.